The lowest BCUT2D eigenvalue weighted by molar-refractivity contribution is 0.0558. The largest absolute Gasteiger partial charge is 0.497 e. The van der Waals surface area contributed by atoms with E-state index in [1.807, 2.05) is 0 Å². The molecule has 7 nitrogen and oxygen atoms in total. The number of ether oxygens (including phenoxy) is 3. The Morgan fingerprint density at radius 3 is 2.19 bits per heavy atom. The number of benzene rings is 1. The molecule has 0 saturated heterocycles. The molecule has 27 heavy (non-hydrogen) atoms. The van der Waals surface area contributed by atoms with E-state index in [4.69, 9.17) is 9.47 Å². The third kappa shape index (κ3) is 3.64. The fourth-order valence-corrected chi connectivity index (χ4v) is 6.23. The molecular formula is C17H13NO6S3. The molecule has 0 aliphatic rings. The Morgan fingerprint density at radius 2 is 1.59 bits per heavy atom. The molecule has 0 unspecified atom stereocenters. The summed E-state index contributed by atoms with van der Waals surface area (Å²) >= 11 is 0.991. The normalized spacial score (nSPS) is 11.4. The maximum Gasteiger partial charge on any atom is 0.349 e. The number of carbonyl (C=O) groups is 2. The fourth-order valence-electron chi connectivity index (χ4n) is 2.22. The van der Waals surface area contributed by atoms with Gasteiger partial charge in [0.25, 0.3) is 0 Å². The molecule has 0 fully saturated rings. The molecule has 0 saturated carbocycles. The minimum Gasteiger partial charge on any atom is -0.497 e. The van der Waals surface area contributed by atoms with Gasteiger partial charge in [-0.3, -0.25) is 4.79 Å². The van der Waals surface area contributed by atoms with Crippen molar-refractivity contribution < 1.29 is 23.8 Å². The standard InChI is InChI=1S/C17H13NO6S3/c1-22-9-6-4-8(5-7-9)18-15-14-13(26-27-15)11(19)10(16(20)23-2)12(25-14)17(21)24-3/h4-7H,1-3H3. The van der Waals surface area contributed by atoms with E-state index in [9.17, 15) is 14.4 Å². The summed E-state index contributed by atoms with van der Waals surface area (Å²) < 4.78 is 16.0. The molecule has 0 amide bonds. The SMILES string of the molecule is COC(=O)c1sc2c(=Nc3ccc(OC)cc3)ssc2c(=O)c1C(=O)OC. The lowest BCUT2D eigenvalue weighted by Crippen LogP contribution is -2.21. The summed E-state index contributed by atoms with van der Waals surface area (Å²) in [7, 11) is 6.40. The van der Waals surface area contributed by atoms with Crippen LogP contribution in [0.15, 0.2) is 34.1 Å². The molecule has 0 radical (unpaired) electrons. The van der Waals surface area contributed by atoms with Gasteiger partial charge < -0.3 is 14.2 Å². The Hall–Kier alpha value is -2.56. The summed E-state index contributed by atoms with van der Waals surface area (Å²) in [5, 5.41) is 0. The van der Waals surface area contributed by atoms with Crippen molar-refractivity contribution in [3.63, 3.8) is 0 Å². The number of hydrogen-bond donors (Lipinski definition) is 0. The highest BCUT2D eigenvalue weighted by Crippen LogP contribution is 2.27. The highest BCUT2D eigenvalue weighted by molar-refractivity contribution is 7.72. The first-order valence-electron chi connectivity index (χ1n) is 7.45. The van der Waals surface area contributed by atoms with Crippen molar-refractivity contribution in [2.45, 2.75) is 0 Å². The predicted molar refractivity (Wildman–Crippen MR) is 105 cm³/mol. The number of methoxy groups -OCH3 is 3. The quantitative estimate of drug-likeness (QED) is 0.473. The number of nitrogens with zero attached hydrogens (tertiary/aromatic N) is 1. The molecular weight excluding hydrogens is 410 g/mol. The lowest BCUT2D eigenvalue weighted by atomic mass is 10.2. The maximum absolute atomic E-state index is 12.8. The van der Waals surface area contributed by atoms with Crippen LogP contribution in [0.5, 0.6) is 5.75 Å². The third-order valence-electron chi connectivity index (χ3n) is 3.53. The maximum atomic E-state index is 12.8. The van der Waals surface area contributed by atoms with Gasteiger partial charge in [-0.15, -0.1) is 11.3 Å². The zero-order chi connectivity index (χ0) is 19.6. The Labute approximate surface area is 164 Å². The molecule has 3 rings (SSSR count). The van der Waals surface area contributed by atoms with Crippen molar-refractivity contribution in [2.24, 2.45) is 4.99 Å². The van der Waals surface area contributed by atoms with E-state index in [1.54, 1.807) is 31.4 Å². The van der Waals surface area contributed by atoms with Gasteiger partial charge in [0, 0.05) is 0 Å². The molecule has 0 spiro atoms. The lowest BCUT2D eigenvalue weighted by Gasteiger charge is -2.04. The number of hydrogen-bond acceptors (Lipinski definition) is 10. The van der Waals surface area contributed by atoms with Crippen LogP contribution < -0.4 is 14.8 Å². The van der Waals surface area contributed by atoms with E-state index in [0.29, 0.717) is 25.5 Å². The second-order valence-corrected chi connectivity index (χ2v) is 8.21. The van der Waals surface area contributed by atoms with Crippen molar-refractivity contribution in [1.29, 1.82) is 0 Å². The third-order valence-corrected chi connectivity index (χ3v) is 7.28. The molecule has 0 atom stereocenters. The Kier molecular flexibility index (Phi) is 5.68. The highest BCUT2D eigenvalue weighted by Gasteiger charge is 2.26. The first-order valence-corrected chi connectivity index (χ1v) is 10.4. The predicted octanol–water partition coefficient (Wildman–Crippen LogP) is 3.20. The smallest absolute Gasteiger partial charge is 0.349 e. The van der Waals surface area contributed by atoms with Crippen LogP contribution in [-0.2, 0) is 9.47 Å². The van der Waals surface area contributed by atoms with Crippen molar-refractivity contribution in [3.05, 3.63) is 49.6 Å². The van der Waals surface area contributed by atoms with E-state index in [-0.39, 0.29) is 10.4 Å². The molecule has 10 heteroatoms. The molecule has 140 valence electrons. The topological polar surface area (TPSA) is 91.3 Å². The number of esters is 2. The first kappa shape index (κ1) is 19.2. The van der Waals surface area contributed by atoms with Gasteiger partial charge in [0.2, 0.25) is 5.43 Å². The van der Waals surface area contributed by atoms with Crippen molar-refractivity contribution >= 4 is 59.0 Å². The zero-order valence-corrected chi connectivity index (χ0v) is 16.9. The summed E-state index contributed by atoms with van der Waals surface area (Å²) in [5.41, 5.74) is -0.205. The first-order chi connectivity index (χ1) is 13.0. The van der Waals surface area contributed by atoms with Crippen LogP contribution in [0.1, 0.15) is 20.0 Å². The van der Waals surface area contributed by atoms with Gasteiger partial charge in [-0.05, 0) is 24.3 Å². The Balaban J connectivity index is 2.27. The molecule has 0 aliphatic carbocycles. The minimum absolute atomic E-state index is 0.0985. The molecule has 2 aromatic heterocycles. The molecule has 3 aromatic rings. The minimum atomic E-state index is -0.870. The number of rotatable bonds is 4. The van der Waals surface area contributed by atoms with Crippen LogP contribution in [0.2, 0.25) is 0 Å². The zero-order valence-electron chi connectivity index (χ0n) is 14.4. The highest BCUT2D eigenvalue weighted by atomic mass is 32.9. The second kappa shape index (κ2) is 7.99. The van der Waals surface area contributed by atoms with Crippen molar-refractivity contribution in [2.75, 3.05) is 21.3 Å². The van der Waals surface area contributed by atoms with Crippen LogP contribution in [0.3, 0.4) is 0 Å². The summed E-state index contributed by atoms with van der Waals surface area (Å²) in [4.78, 5) is 41.4. The molecule has 0 aliphatic heterocycles. The van der Waals surface area contributed by atoms with Gasteiger partial charge in [0.15, 0.2) is 0 Å². The second-order valence-electron chi connectivity index (χ2n) is 5.06. The molecule has 0 N–H and O–H groups in total. The molecule has 2 heterocycles. The molecule has 0 bridgehead atoms. The van der Waals surface area contributed by atoms with Gasteiger partial charge in [-0.2, -0.15) is 0 Å². The average molecular weight is 423 g/mol. The van der Waals surface area contributed by atoms with Crippen LogP contribution in [-0.4, -0.2) is 33.3 Å². The average Bonchev–Trinajstić information content (AvgIpc) is 3.10. The van der Waals surface area contributed by atoms with Gasteiger partial charge in [0.1, 0.15) is 25.6 Å². The van der Waals surface area contributed by atoms with Crippen LogP contribution in [0, 0.1) is 0 Å². The van der Waals surface area contributed by atoms with E-state index >= 15 is 0 Å². The number of fused-ring (bicyclic) bond motifs is 1. The number of carbonyl (C=O) groups excluding carboxylic acids is 2. The van der Waals surface area contributed by atoms with E-state index in [0.717, 1.165) is 18.4 Å². The van der Waals surface area contributed by atoms with Crippen molar-refractivity contribution in [3.8, 4) is 5.75 Å². The summed E-state index contributed by atoms with van der Waals surface area (Å²) in [6.45, 7) is 0. The summed E-state index contributed by atoms with van der Waals surface area (Å²) in [5.74, 6) is -0.940. The summed E-state index contributed by atoms with van der Waals surface area (Å²) in [6, 6.07) is 7.11. The molecule has 1 aromatic carbocycles. The van der Waals surface area contributed by atoms with Gasteiger partial charge in [-0.25, -0.2) is 14.6 Å². The van der Waals surface area contributed by atoms with E-state index in [1.165, 1.54) is 27.8 Å². The van der Waals surface area contributed by atoms with Gasteiger partial charge >= 0.3 is 11.9 Å². The van der Waals surface area contributed by atoms with Crippen LogP contribution in [0.25, 0.3) is 9.40 Å². The Morgan fingerprint density at radius 1 is 0.926 bits per heavy atom. The monoisotopic (exact) mass is 423 g/mol. The van der Waals surface area contributed by atoms with E-state index < -0.39 is 17.4 Å². The van der Waals surface area contributed by atoms with Gasteiger partial charge in [0.05, 0.1) is 31.7 Å². The van der Waals surface area contributed by atoms with E-state index in [2.05, 4.69) is 9.73 Å². The van der Waals surface area contributed by atoms with Crippen molar-refractivity contribution in [1.82, 2.24) is 0 Å². The van der Waals surface area contributed by atoms with Crippen LogP contribution in [0.4, 0.5) is 5.69 Å². The van der Waals surface area contributed by atoms with Crippen LogP contribution >= 0.6 is 32.0 Å². The Bertz CT molecular complexity index is 1140. The fraction of sp³-hybridized carbons (Fsp3) is 0.176. The summed E-state index contributed by atoms with van der Waals surface area (Å²) in [6.07, 6.45) is 0. The van der Waals surface area contributed by atoms with Gasteiger partial charge in [-0.1, -0.05) is 20.7 Å².